The number of amides is 1. The Kier molecular flexibility index (Phi) is 20.2. The number of benzene rings is 3. The van der Waals surface area contributed by atoms with Crippen molar-refractivity contribution in [3.8, 4) is 11.8 Å². The van der Waals surface area contributed by atoms with E-state index in [1.165, 1.54) is 39.4 Å². The Labute approximate surface area is 556 Å². The van der Waals surface area contributed by atoms with E-state index in [0.717, 1.165) is 66.2 Å². The van der Waals surface area contributed by atoms with Gasteiger partial charge in [-0.1, -0.05) is 53.0 Å². The third kappa shape index (κ3) is 14.9. The highest BCUT2D eigenvalue weighted by Gasteiger charge is 2.24. The van der Waals surface area contributed by atoms with Gasteiger partial charge in [0.1, 0.15) is 35.4 Å². The number of methoxy groups -OCH3 is 2. The summed E-state index contributed by atoms with van der Waals surface area (Å²) in [6, 6.07) is 24.8. The zero-order valence-corrected chi connectivity index (χ0v) is 55.2. The molecule has 23 nitrogen and oxygen atoms in total. The van der Waals surface area contributed by atoms with Crippen LogP contribution in [0.4, 0.5) is 5.82 Å². The highest BCUT2D eigenvalue weighted by Crippen LogP contribution is 2.31. The van der Waals surface area contributed by atoms with Crippen LogP contribution in [0.15, 0.2) is 140 Å². The van der Waals surface area contributed by atoms with Gasteiger partial charge < -0.3 is 49.4 Å². The van der Waals surface area contributed by atoms with Crippen molar-refractivity contribution in [2.24, 2.45) is 0 Å². The molecule has 0 fully saturated rings. The molecule has 0 aliphatic heterocycles. The molecule has 0 saturated carbocycles. The van der Waals surface area contributed by atoms with Crippen LogP contribution in [-0.4, -0.2) is 109 Å². The van der Waals surface area contributed by atoms with Crippen molar-refractivity contribution in [2.45, 2.75) is 40.0 Å². The zero-order chi connectivity index (χ0) is 64.8. The lowest BCUT2D eigenvalue weighted by Crippen LogP contribution is -2.24. The van der Waals surface area contributed by atoms with Gasteiger partial charge in [-0.15, -0.1) is 47.3 Å². The number of aryl methyl sites for hydroxylation is 2. The van der Waals surface area contributed by atoms with Gasteiger partial charge >= 0.3 is 15.1 Å². The highest BCUT2D eigenvalue weighted by molar-refractivity contribution is 9.69. The normalized spacial score (nSPS) is 11.0. The van der Waals surface area contributed by atoms with Crippen LogP contribution >= 0.6 is 82.1 Å². The third-order valence-electron chi connectivity index (χ3n) is 14.2. The van der Waals surface area contributed by atoms with Crippen molar-refractivity contribution in [3.05, 3.63) is 211 Å². The molecule has 0 aliphatic rings. The van der Waals surface area contributed by atoms with Gasteiger partial charge in [0.05, 0.1) is 85.0 Å². The van der Waals surface area contributed by atoms with E-state index in [1.807, 2.05) is 91.2 Å². The molecule has 0 spiro atoms. The Morgan fingerprint density at radius 1 is 0.593 bits per heavy atom. The van der Waals surface area contributed by atoms with Crippen molar-refractivity contribution in [1.82, 2.24) is 68.9 Å². The smallest absolute Gasteiger partial charge is 0.369 e. The minimum absolute atomic E-state index is 0.0699. The van der Waals surface area contributed by atoms with Crippen LogP contribution in [0, 0.1) is 13.8 Å². The molecule has 13 rings (SSSR count). The molecule has 460 valence electrons. The van der Waals surface area contributed by atoms with E-state index >= 15 is 0 Å². The van der Waals surface area contributed by atoms with Gasteiger partial charge in [-0.05, 0) is 102 Å². The zero-order valence-electron chi connectivity index (χ0n) is 48.2. The molecule has 0 atom stereocenters. The molecule has 91 heavy (non-hydrogen) atoms. The Bertz CT molecular complexity index is 5010. The maximum Gasteiger partial charge on any atom is 0.369 e. The number of aromatic amines is 1. The molecule has 0 unspecified atom stereocenters. The van der Waals surface area contributed by atoms with Crippen LogP contribution in [-0.2, 0) is 26.2 Å². The van der Waals surface area contributed by atoms with Crippen LogP contribution in [0.2, 0.25) is 15.1 Å². The van der Waals surface area contributed by atoms with Gasteiger partial charge in [0.2, 0.25) is 11.8 Å². The fraction of sp³-hybridized carbons (Fsp3) is 0.131. The van der Waals surface area contributed by atoms with E-state index < -0.39 is 17.5 Å². The standard InChI is InChI=1S/C26H24ClN7O2.C18H13ClN4O3.C17H11ClN4O3.BBr3/c1-14-6-22(28)33-15(2)19(14)10-30-25(35)20-12-34(24-23(20)26(36-3)32-13-31-24)11-16-4-5-21-17(7-16)8-18(27)9-29-21;1-26-17-15-13(18(24)25)8-23(16(15)21-9-22-17)7-10-2-3-14-11(4-10)5-12(19)6-20-14;18-11-4-10-3-9(1-2-13(10)19-5-11)6-22-7-12(17(24)25)14-15(22)20-8-21-16(14)23;2-1(3)4/h4-9,12-13H,10-11H2,1-3H3,(H2,28,33)(H,30,35);2-6,8-9H,7H2,1H3,(H,24,25);1-5,7-8H,6H2,(H,24,25)(H,20,21,23);. The Morgan fingerprint density at radius 2 is 1.00 bits per heavy atom. The number of H-pyrrole nitrogens is 1. The number of carboxylic acid groups (broad SMARTS) is 2. The lowest BCUT2D eigenvalue weighted by molar-refractivity contribution is 0.0687. The number of halogens is 6. The Balaban J connectivity index is 0.000000148. The quantitative estimate of drug-likeness (QED) is 0.0670. The summed E-state index contributed by atoms with van der Waals surface area (Å²) in [6.07, 6.45) is 13.6. The second-order valence-electron chi connectivity index (χ2n) is 20.1. The predicted octanol–water partition coefficient (Wildman–Crippen LogP) is 12.4. The van der Waals surface area contributed by atoms with Gasteiger partial charge in [0.15, 0.2) is 0 Å². The first-order chi connectivity index (χ1) is 43.7. The van der Waals surface area contributed by atoms with Gasteiger partial charge in [0, 0.05) is 85.2 Å². The number of nitrogens with one attached hydrogen (secondary N) is 2. The second-order valence-corrected chi connectivity index (χ2v) is 27.9. The number of aromatic carboxylic acids is 2. The minimum Gasteiger partial charge on any atom is -0.480 e. The molecule has 10 aromatic heterocycles. The number of ether oxygens (including phenoxy) is 2. The van der Waals surface area contributed by atoms with Crippen LogP contribution < -0.4 is 26.1 Å². The number of carbonyl (C=O) groups excluding carboxylic acids is 1. The number of nitrogens with zero attached hydrogens (tertiary/aromatic N) is 12. The fourth-order valence-electron chi connectivity index (χ4n) is 10.3. The summed E-state index contributed by atoms with van der Waals surface area (Å²) in [4.78, 5) is 89.0. The summed E-state index contributed by atoms with van der Waals surface area (Å²) in [7, 11) is 2.97. The number of nitrogen functional groups attached to an aromatic ring is 1. The molecule has 0 aliphatic carbocycles. The molecule has 0 radical (unpaired) electrons. The molecular formula is C61H48BBr3Cl3N15O8. The van der Waals surface area contributed by atoms with Gasteiger partial charge in [-0.3, -0.25) is 24.5 Å². The second kappa shape index (κ2) is 28.4. The molecule has 0 saturated heterocycles. The van der Waals surface area contributed by atoms with Crippen LogP contribution in [0.5, 0.6) is 11.8 Å². The highest BCUT2D eigenvalue weighted by atomic mass is 79.9. The van der Waals surface area contributed by atoms with Crippen molar-refractivity contribution in [3.63, 3.8) is 0 Å². The summed E-state index contributed by atoms with van der Waals surface area (Å²) >= 11 is 27.4. The molecule has 10 heterocycles. The first-order valence-electron chi connectivity index (χ1n) is 27.0. The number of pyridine rings is 4. The number of rotatable bonds is 13. The topological polar surface area (TPSA) is 312 Å². The SMILES string of the molecule is BrB(Br)Br.COc1ncnc2c1c(C(=O)NCc1c(C)cc(N)nc1C)cn2Cc1ccc2ncc(Cl)cc2c1.COc1ncnc2c1c(C(=O)O)cn2Cc1ccc2ncc(Cl)cc2c1.O=C(O)c1cn(Cc2ccc3ncc(Cl)cc3c2)c2nc[nH]c(=O)c12. The van der Waals surface area contributed by atoms with E-state index in [1.54, 1.807) is 46.2 Å². The van der Waals surface area contributed by atoms with Crippen molar-refractivity contribution in [2.75, 3.05) is 20.0 Å². The number of nitrogens with two attached hydrogens (primary N) is 1. The van der Waals surface area contributed by atoms with E-state index in [4.69, 9.17) is 50.0 Å². The first-order valence-corrected chi connectivity index (χ1v) is 30.9. The number of fused-ring (bicyclic) bond motifs is 6. The summed E-state index contributed by atoms with van der Waals surface area (Å²) in [6.45, 7) is 5.41. The van der Waals surface area contributed by atoms with Crippen molar-refractivity contribution in [1.29, 1.82) is 0 Å². The summed E-state index contributed by atoms with van der Waals surface area (Å²) < 4.78 is 16.3. The van der Waals surface area contributed by atoms with E-state index in [9.17, 15) is 29.4 Å². The minimum atomic E-state index is -1.17. The average Bonchev–Trinajstić information content (AvgIpc) is 1.68. The van der Waals surface area contributed by atoms with E-state index in [0.29, 0.717) is 86.2 Å². The Hall–Kier alpha value is -9.12. The number of aromatic nitrogens is 13. The number of carboxylic acids is 2. The summed E-state index contributed by atoms with van der Waals surface area (Å²) in [5, 5.41) is 27.3. The van der Waals surface area contributed by atoms with Crippen LogP contribution in [0.3, 0.4) is 0 Å². The summed E-state index contributed by atoms with van der Waals surface area (Å²) in [5.74, 6) is -1.47. The van der Waals surface area contributed by atoms with E-state index in [2.05, 4.69) is 102 Å². The maximum absolute atomic E-state index is 13.4. The van der Waals surface area contributed by atoms with E-state index in [-0.39, 0.29) is 31.5 Å². The van der Waals surface area contributed by atoms with Crippen molar-refractivity contribution < 1.29 is 34.1 Å². The van der Waals surface area contributed by atoms with Crippen molar-refractivity contribution >= 4 is 175 Å². The predicted molar refractivity (Wildman–Crippen MR) is 362 cm³/mol. The lowest BCUT2D eigenvalue weighted by atomic mass is 10.1. The first kappa shape index (κ1) is 64.9. The van der Waals surface area contributed by atoms with Gasteiger partial charge in [0.25, 0.3) is 11.5 Å². The molecule has 3 aromatic carbocycles. The fourth-order valence-corrected chi connectivity index (χ4v) is 10.8. The number of hydrogen-bond acceptors (Lipinski definition) is 16. The number of carbonyl (C=O) groups is 3. The van der Waals surface area contributed by atoms with Gasteiger partial charge in [-0.2, -0.15) is 0 Å². The summed E-state index contributed by atoms with van der Waals surface area (Å²) in [5.41, 5.74) is 15.3. The maximum atomic E-state index is 13.4. The molecule has 0 bridgehead atoms. The molecule has 30 heteroatoms. The molecule has 6 N–H and O–H groups in total. The molecule has 1 amide bonds. The Morgan fingerprint density at radius 3 is 1.42 bits per heavy atom. The lowest BCUT2D eigenvalue weighted by Gasteiger charge is -2.11. The number of anilines is 1. The molecule has 13 aromatic rings. The largest absolute Gasteiger partial charge is 0.480 e. The van der Waals surface area contributed by atoms with Gasteiger partial charge in [-0.25, -0.2) is 39.5 Å². The van der Waals surface area contributed by atoms with Crippen LogP contribution in [0.1, 0.15) is 64.6 Å². The third-order valence-corrected chi connectivity index (χ3v) is 14.8. The molecular weight excluding hydrogens is 1430 g/mol. The average molecular weight is 1480 g/mol. The number of hydrogen-bond donors (Lipinski definition) is 5. The monoisotopic (exact) mass is 1470 g/mol. The van der Waals surface area contributed by atoms with Crippen LogP contribution in [0.25, 0.3) is 65.8 Å².